The highest BCUT2D eigenvalue weighted by molar-refractivity contribution is 14.1. The van der Waals surface area contributed by atoms with Crippen LogP contribution in [0.4, 0.5) is 0 Å². The fourth-order valence-corrected chi connectivity index (χ4v) is 2.13. The molecule has 1 aromatic carbocycles. The second-order valence-corrected chi connectivity index (χ2v) is 4.02. The first-order chi connectivity index (χ1) is 5.38. The average Bonchev–Trinajstić information content (AvgIpc) is 2.06. The smallest absolute Gasteiger partial charge is 0.182 e. The van der Waals surface area contributed by atoms with E-state index in [2.05, 4.69) is 13.0 Å². The van der Waals surface area contributed by atoms with Crippen LogP contribution in [0.5, 0.6) is 0 Å². The van der Waals surface area contributed by atoms with Gasteiger partial charge in [0.25, 0.3) is 0 Å². The Bertz CT molecular complexity index is 245. The molecule has 0 heterocycles. The van der Waals surface area contributed by atoms with Gasteiger partial charge in [-0.25, -0.2) is 0 Å². The molecule has 0 radical (unpaired) electrons. The van der Waals surface area contributed by atoms with E-state index in [1.807, 2.05) is 18.2 Å². The van der Waals surface area contributed by atoms with E-state index >= 15 is 0 Å². The van der Waals surface area contributed by atoms with E-state index in [1.165, 1.54) is 5.56 Å². The molecule has 0 bridgehead atoms. The van der Waals surface area contributed by atoms with Crippen molar-refractivity contribution in [1.29, 1.82) is 0 Å². The minimum Gasteiger partial charge on any atom is -0.265 e. The summed E-state index contributed by atoms with van der Waals surface area (Å²) in [7, 11) is 0. The summed E-state index contributed by atoms with van der Waals surface area (Å²) in [6, 6.07) is 7.99. The molecule has 0 atom stereocenters. The zero-order chi connectivity index (χ0) is 8.10. The number of hydrogen-bond acceptors (Lipinski definition) is 1. The average molecular weight is 262 g/mol. The number of benzene rings is 1. The number of aryl methyl sites for hydroxylation is 1. The van der Waals surface area contributed by atoms with Crippen LogP contribution in [0.25, 0.3) is 0 Å². The largest absolute Gasteiger partial charge is 0.265 e. The quantitative estimate of drug-likeness (QED) is 0.765. The Balaban J connectivity index is 2.92. The molecule has 0 spiro atoms. The van der Waals surface area contributed by atoms with Crippen molar-refractivity contribution < 1.29 is 3.07 Å². The maximum absolute atomic E-state index is 10.7. The zero-order valence-corrected chi connectivity index (χ0v) is 8.67. The maximum Gasteiger partial charge on any atom is 0.182 e. The Morgan fingerprint density at radius 2 is 2.09 bits per heavy atom. The van der Waals surface area contributed by atoms with Crippen molar-refractivity contribution in [3.05, 3.63) is 33.4 Å². The third kappa shape index (κ3) is 2.36. The molecule has 0 saturated carbocycles. The normalized spacial score (nSPS) is 9.91. The van der Waals surface area contributed by atoms with E-state index in [-0.39, 0.29) is 0 Å². The van der Waals surface area contributed by atoms with Crippen molar-refractivity contribution in [1.82, 2.24) is 0 Å². The Morgan fingerprint density at radius 3 is 2.73 bits per heavy atom. The predicted molar refractivity (Wildman–Crippen MR) is 53.8 cm³/mol. The summed E-state index contributed by atoms with van der Waals surface area (Å²) in [5.41, 5.74) is 1.26. The van der Waals surface area contributed by atoms with E-state index in [1.54, 1.807) is 0 Å². The molecule has 0 amide bonds. The Morgan fingerprint density at radius 1 is 1.36 bits per heavy atom. The number of rotatable bonds is 3. The van der Waals surface area contributed by atoms with Crippen molar-refractivity contribution in [2.75, 3.05) is 0 Å². The standard InChI is InChI=1S/C9H11IO/c1-2-5-8-6-3-4-7-9(8)10-11/h3-4,6-7H,2,5H2,1H3. The summed E-state index contributed by atoms with van der Waals surface area (Å²) in [6.45, 7) is 2.14. The Hall–Kier alpha value is -0.250. The van der Waals surface area contributed by atoms with Gasteiger partial charge < -0.3 is 0 Å². The summed E-state index contributed by atoms with van der Waals surface area (Å²) in [5, 5.41) is 0. The van der Waals surface area contributed by atoms with E-state index in [0.717, 1.165) is 16.4 Å². The second kappa shape index (κ2) is 4.59. The Labute approximate surface area is 77.5 Å². The summed E-state index contributed by atoms with van der Waals surface area (Å²) < 4.78 is 11.8. The lowest BCUT2D eigenvalue weighted by Gasteiger charge is -1.99. The lowest BCUT2D eigenvalue weighted by Crippen LogP contribution is -1.86. The van der Waals surface area contributed by atoms with Gasteiger partial charge in [0.1, 0.15) is 0 Å². The minimum atomic E-state index is -0.975. The third-order valence-corrected chi connectivity index (χ3v) is 3.09. The summed E-state index contributed by atoms with van der Waals surface area (Å²) >= 11 is -0.975. The molecule has 2 heteroatoms. The molecule has 1 nitrogen and oxygen atoms in total. The van der Waals surface area contributed by atoms with Crippen molar-refractivity contribution >= 4 is 21.2 Å². The lowest BCUT2D eigenvalue weighted by atomic mass is 10.1. The van der Waals surface area contributed by atoms with Crippen LogP contribution >= 0.6 is 21.2 Å². The topological polar surface area (TPSA) is 17.1 Å². The molecule has 0 fully saturated rings. The molecular weight excluding hydrogens is 251 g/mol. The molecule has 1 rings (SSSR count). The van der Waals surface area contributed by atoms with Crippen LogP contribution < -0.4 is 0 Å². The summed E-state index contributed by atoms with van der Waals surface area (Å²) in [5.74, 6) is 0. The molecule has 60 valence electrons. The molecule has 0 aliphatic rings. The molecule has 0 aromatic heterocycles. The van der Waals surface area contributed by atoms with Crippen molar-refractivity contribution in [2.45, 2.75) is 19.8 Å². The van der Waals surface area contributed by atoms with Crippen LogP contribution in [-0.2, 0) is 9.49 Å². The highest BCUT2D eigenvalue weighted by atomic mass is 127. The number of halogens is 1. The number of hydrogen-bond donors (Lipinski definition) is 0. The van der Waals surface area contributed by atoms with Gasteiger partial charge >= 0.3 is 0 Å². The van der Waals surface area contributed by atoms with Gasteiger partial charge in [-0.3, -0.25) is 3.07 Å². The first-order valence-corrected chi connectivity index (χ1v) is 5.69. The zero-order valence-electron chi connectivity index (χ0n) is 6.51. The summed E-state index contributed by atoms with van der Waals surface area (Å²) in [6.07, 6.45) is 2.18. The highest BCUT2D eigenvalue weighted by Gasteiger charge is 1.98. The van der Waals surface area contributed by atoms with Gasteiger partial charge in [-0.1, -0.05) is 31.5 Å². The van der Waals surface area contributed by atoms with Crippen molar-refractivity contribution in [3.63, 3.8) is 0 Å². The molecule has 0 aliphatic heterocycles. The van der Waals surface area contributed by atoms with Crippen LogP contribution in [0, 0.1) is 3.57 Å². The van der Waals surface area contributed by atoms with Crippen LogP contribution in [0.1, 0.15) is 18.9 Å². The minimum absolute atomic E-state index is 0.975. The molecular formula is C9H11IO. The lowest BCUT2D eigenvalue weighted by molar-refractivity contribution is 0.648. The van der Waals surface area contributed by atoms with Gasteiger partial charge in [0.15, 0.2) is 21.2 Å². The predicted octanol–water partition coefficient (Wildman–Crippen LogP) is 3.12. The fraction of sp³-hybridized carbons (Fsp3) is 0.333. The highest BCUT2D eigenvalue weighted by Crippen LogP contribution is 2.16. The van der Waals surface area contributed by atoms with Crippen LogP contribution in [-0.4, -0.2) is 0 Å². The molecule has 0 aliphatic carbocycles. The molecule has 1 aromatic rings. The fourth-order valence-electron chi connectivity index (χ4n) is 1.05. The van der Waals surface area contributed by atoms with Crippen LogP contribution in [0.15, 0.2) is 24.3 Å². The van der Waals surface area contributed by atoms with Crippen molar-refractivity contribution in [3.8, 4) is 0 Å². The van der Waals surface area contributed by atoms with E-state index < -0.39 is 21.2 Å². The van der Waals surface area contributed by atoms with Crippen molar-refractivity contribution in [2.24, 2.45) is 0 Å². The first-order valence-electron chi connectivity index (χ1n) is 3.73. The van der Waals surface area contributed by atoms with Gasteiger partial charge in [0.05, 0.1) is 0 Å². The maximum atomic E-state index is 10.7. The van der Waals surface area contributed by atoms with Gasteiger partial charge in [0, 0.05) is 3.57 Å². The van der Waals surface area contributed by atoms with E-state index in [9.17, 15) is 3.07 Å². The second-order valence-electron chi connectivity index (χ2n) is 2.42. The molecule has 11 heavy (non-hydrogen) atoms. The first kappa shape index (κ1) is 8.84. The van der Waals surface area contributed by atoms with Gasteiger partial charge in [0.2, 0.25) is 0 Å². The molecule has 0 unspecified atom stereocenters. The SMILES string of the molecule is CCCc1ccccc1I=O. The van der Waals surface area contributed by atoms with Crippen LogP contribution in [0.2, 0.25) is 0 Å². The van der Waals surface area contributed by atoms with E-state index in [0.29, 0.717) is 0 Å². The van der Waals surface area contributed by atoms with Gasteiger partial charge in [-0.15, -0.1) is 0 Å². The van der Waals surface area contributed by atoms with E-state index in [4.69, 9.17) is 0 Å². The van der Waals surface area contributed by atoms with Crippen LogP contribution in [0.3, 0.4) is 0 Å². The monoisotopic (exact) mass is 262 g/mol. The molecule has 0 saturated heterocycles. The van der Waals surface area contributed by atoms with Gasteiger partial charge in [-0.05, 0) is 18.1 Å². The Kier molecular flexibility index (Phi) is 3.69. The van der Waals surface area contributed by atoms with Gasteiger partial charge in [-0.2, -0.15) is 0 Å². The molecule has 0 N–H and O–H groups in total. The third-order valence-electron chi connectivity index (χ3n) is 1.56. The summed E-state index contributed by atoms with van der Waals surface area (Å²) in [4.78, 5) is 0.